The summed E-state index contributed by atoms with van der Waals surface area (Å²) in [6, 6.07) is 2.04. The molecule has 0 atom stereocenters. The minimum absolute atomic E-state index is 0.853. The Balaban J connectivity index is 1.98. The van der Waals surface area contributed by atoms with Crippen molar-refractivity contribution < 1.29 is 0 Å². The van der Waals surface area contributed by atoms with Crippen molar-refractivity contribution in [3.63, 3.8) is 0 Å². The molecule has 1 aromatic heterocycles. The molecule has 1 saturated carbocycles. The predicted octanol–water partition coefficient (Wildman–Crippen LogP) is 3.52. The molecule has 0 bridgehead atoms. The molecule has 0 radical (unpaired) electrons. The zero-order valence-corrected chi connectivity index (χ0v) is 12.0. The van der Waals surface area contributed by atoms with Gasteiger partial charge in [0.2, 0.25) is 0 Å². The Hall–Kier alpha value is -0.420. The third-order valence-electron chi connectivity index (χ3n) is 3.06. The van der Waals surface area contributed by atoms with Crippen molar-refractivity contribution in [1.82, 2.24) is 9.97 Å². The summed E-state index contributed by atoms with van der Waals surface area (Å²) in [5.74, 6) is 3.01. The average molecular weight is 269 g/mol. The Labute approximate surface area is 112 Å². The molecule has 0 saturated heterocycles. The molecule has 17 heavy (non-hydrogen) atoms. The summed E-state index contributed by atoms with van der Waals surface area (Å²) in [5, 5.41) is 5.04. The summed E-state index contributed by atoms with van der Waals surface area (Å²) in [6.07, 6.45) is 7.62. The fourth-order valence-electron chi connectivity index (χ4n) is 2.08. The first-order chi connectivity index (χ1) is 8.31. The molecule has 3 nitrogen and oxygen atoms in total. The molecule has 0 amide bonds. The van der Waals surface area contributed by atoms with Crippen LogP contribution in [-0.4, -0.2) is 29.0 Å². The molecule has 1 aliphatic carbocycles. The van der Waals surface area contributed by atoms with Gasteiger partial charge in [0.1, 0.15) is 10.8 Å². The molecule has 1 fully saturated rings. The highest BCUT2D eigenvalue weighted by molar-refractivity contribution is 7.99. The lowest BCUT2D eigenvalue weighted by atomic mass is 10.1. The molecular weight excluding hydrogens is 250 g/mol. The summed E-state index contributed by atoms with van der Waals surface area (Å²) in [6.45, 7) is 0. The fraction of sp³-hybridized carbons (Fsp3) is 0.667. The van der Waals surface area contributed by atoms with E-state index in [0.29, 0.717) is 0 Å². The second-order valence-corrected chi connectivity index (χ2v) is 6.10. The van der Waals surface area contributed by atoms with E-state index in [4.69, 9.17) is 0 Å². The monoisotopic (exact) mass is 269 g/mol. The molecule has 2 rings (SSSR count). The minimum atomic E-state index is 0.853. The van der Waals surface area contributed by atoms with Crippen LogP contribution in [0.5, 0.6) is 0 Å². The van der Waals surface area contributed by atoms with E-state index in [-0.39, 0.29) is 0 Å². The molecule has 94 valence electrons. The van der Waals surface area contributed by atoms with Gasteiger partial charge in [-0.25, -0.2) is 9.97 Å². The number of rotatable bonds is 5. The molecule has 1 heterocycles. The van der Waals surface area contributed by atoms with Crippen LogP contribution >= 0.6 is 23.5 Å². The topological polar surface area (TPSA) is 37.8 Å². The van der Waals surface area contributed by atoms with E-state index in [9.17, 15) is 0 Å². The molecule has 1 aromatic rings. The first-order valence-corrected chi connectivity index (χ1v) is 8.26. The number of thioether (sulfide) groups is 2. The highest BCUT2D eigenvalue weighted by Gasteiger charge is 2.15. The number of anilines is 1. The van der Waals surface area contributed by atoms with Crippen LogP contribution in [0, 0.1) is 5.92 Å². The van der Waals surface area contributed by atoms with Crippen LogP contribution in [0.15, 0.2) is 16.2 Å². The molecule has 0 spiro atoms. The van der Waals surface area contributed by atoms with Crippen molar-refractivity contribution in [1.29, 1.82) is 0 Å². The van der Waals surface area contributed by atoms with Crippen LogP contribution in [0.1, 0.15) is 25.7 Å². The Morgan fingerprint density at radius 2 is 2.12 bits per heavy atom. The van der Waals surface area contributed by atoms with Gasteiger partial charge in [0.15, 0.2) is 5.16 Å². The minimum Gasteiger partial charge on any atom is -0.373 e. The fourth-order valence-corrected chi connectivity index (χ4v) is 3.60. The molecule has 0 aromatic carbocycles. The van der Waals surface area contributed by atoms with Crippen LogP contribution in [0.3, 0.4) is 0 Å². The normalized spacial score (nSPS) is 16.4. The second kappa shape index (κ2) is 6.50. The third kappa shape index (κ3) is 3.78. The van der Waals surface area contributed by atoms with Crippen molar-refractivity contribution in [2.75, 3.05) is 24.4 Å². The van der Waals surface area contributed by atoms with Crippen molar-refractivity contribution in [2.45, 2.75) is 35.9 Å². The van der Waals surface area contributed by atoms with E-state index < -0.39 is 0 Å². The highest BCUT2D eigenvalue weighted by Crippen LogP contribution is 2.31. The van der Waals surface area contributed by atoms with Gasteiger partial charge in [0, 0.05) is 18.9 Å². The Morgan fingerprint density at radius 1 is 1.35 bits per heavy atom. The van der Waals surface area contributed by atoms with Gasteiger partial charge in [0.25, 0.3) is 0 Å². The zero-order valence-electron chi connectivity index (χ0n) is 10.4. The smallest absolute Gasteiger partial charge is 0.190 e. The summed E-state index contributed by atoms with van der Waals surface area (Å²) >= 11 is 3.47. The Kier molecular flexibility index (Phi) is 4.98. The quantitative estimate of drug-likeness (QED) is 0.503. The highest BCUT2D eigenvalue weighted by atomic mass is 32.2. The average Bonchev–Trinajstić information content (AvgIpc) is 2.89. The lowest BCUT2D eigenvalue weighted by Crippen LogP contribution is -2.00. The van der Waals surface area contributed by atoms with Gasteiger partial charge in [-0.2, -0.15) is 0 Å². The second-order valence-electron chi connectivity index (χ2n) is 4.29. The van der Waals surface area contributed by atoms with E-state index in [1.165, 1.54) is 31.4 Å². The van der Waals surface area contributed by atoms with Crippen LogP contribution in [0.4, 0.5) is 5.82 Å². The molecular formula is C12H19N3S2. The molecule has 0 unspecified atom stereocenters. The van der Waals surface area contributed by atoms with Gasteiger partial charge < -0.3 is 5.32 Å². The number of aromatic nitrogens is 2. The van der Waals surface area contributed by atoms with Crippen LogP contribution in [-0.2, 0) is 0 Å². The van der Waals surface area contributed by atoms with E-state index >= 15 is 0 Å². The predicted molar refractivity (Wildman–Crippen MR) is 76.0 cm³/mol. The van der Waals surface area contributed by atoms with Crippen molar-refractivity contribution >= 4 is 29.3 Å². The van der Waals surface area contributed by atoms with Gasteiger partial charge in [0.05, 0.1) is 0 Å². The molecule has 0 aliphatic heterocycles. The summed E-state index contributed by atoms with van der Waals surface area (Å²) in [5.41, 5.74) is 0. The number of nitrogens with one attached hydrogen (secondary N) is 1. The third-order valence-corrected chi connectivity index (χ3v) is 4.75. The Bertz CT molecular complexity index is 343. The largest absolute Gasteiger partial charge is 0.373 e. The summed E-state index contributed by atoms with van der Waals surface area (Å²) in [4.78, 5) is 8.91. The first kappa shape index (κ1) is 13.0. The lowest BCUT2D eigenvalue weighted by Gasteiger charge is -2.09. The summed E-state index contributed by atoms with van der Waals surface area (Å²) in [7, 11) is 1.90. The van der Waals surface area contributed by atoms with E-state index in [2.05, 4.69) is 15.3 Å². The van der Waals surface area contributed by atoms with Crippen LogP contribution < -0.4 is 5.32 Å². The lowest BCUT2D eigenvalue weighted by molar-refractivity contribution is 0.622. The van der Waals surface area contributed by atoms with E-state index in [1.54, 1.807) is 11.8 Å². The number of hydrogen-bond donors (Lipinski definition) is 1. The molecule has 5 heteroatoms. The maximum absolute atomic E-state index is 4.54. The summed E-state index contributed by atoms with van der Waals surface area (Å²) < 4.78 is 0. The van der Waals surface area contributed by atoms with E-state index in [0.717, 1.165) is 21.9 Å². The van der Waals surface area contributed by atoms with Gasteiger partial charge >= 0.3 is 0 Å². The van der Waals surface area contributed by atoms with Crippen LogP contribution in [0.2, 0.25) is 0 Å². The van der Waals surface area contributed by atoms with Gasteiger partial charge in [-0.15, -0.1) is 11.8 Å². The van der Waals surface area contributed by atoms with Crippen LogP contribution in [0.25, 0.3) is 0 Å². The zero-order chi connectivity index (χ0) is 12.1. The van der Waals surface area contributed by atoms with E-state index in [1.807, 2.05) is 31.1 Å². The SMILES string of the molecule is CNc1cc(SCC2CCCC2)nc(SC)n1. The van der Waals surface area contributed by atoms with Crippen molar-refractivity contribution in [3.05, 3.63) is 6.07 Å². The van der Waals surface area contributed by atoms with Gasteiger partial charge in [-0.1, -0.05) is 24.6 Å². The number of nitrogens with zero attached hydrogens (tertiary/aromatic N) is 2. The number of hydrogen-bond acceptors (Lipinski definition) is 5. The van der Waals surface area contributed by atoms with Gasteiger partial charge in [-0.3, -0.25) is 0 Å². The van der Waals surface area contributed by atoms with Gasteiger partial charge in [-0.05, 0) is 25.0 Å². The first-order valence-electron chi connectivity index (χ1n) is 6.05. The standard InChI is InChI=1S/C12H19N3S2/c1-13-10-7-11(15-12(14-10)16-2)17-8-9-5-3-4-6-9/h7,9H,3-6,8H2,1-2H3,(H,13,14,15). The van der Waals surface area contributed by atoms with Crippen molar-refractivity contribution in [3.8, 4) is 0 Å². The van der Waals surface area contributed by atoms with Crippen molar-refractivity contribution in [2.24, 2.45) is 5.92 Å². The molecule has 1 N–H and O–H groups in total. The Morgan fingerprint density at radius 3 is 2.76 bits per heavy atom. The maximum atomic E-state index is 4.54. The molecule has 1 aliphatic rings. The maximum Gasteiger partial charge on any atom is 0.190 e.